The second-order valence-corrected chi connectivity index (χ2v) is 11.4. The third-order valence-corrected chi connectivity index (χ3v) is 8.83. The molecule has 1 aliphatic carbocycles. The first-order valence-corrected chi connectivity index (χ1v) is 14.5. The van der Waals surface area contributed by atoms with Crippen LogP contribution in [0, 0.1) is 11.8 Å². The molecule has 2 fully saturated rings. The van der Waals surface area contributed by atoms with Crippen molar-refractivity contribution in [3.8, 4) is 11.1 Å². The largest absolute Gasteiger partial charge is 0.383 e. The summed E-state index contributed by atoms with van der Waals surface area (Å²) in [6.45, 7) is 4.58. The molecule has 0 amide bonds. The quantitative estimate of drug-likeness (QED) is 0.272. The van der Waals surface area contributed by atoms with E-state index in [4.69, 9.17) is 5.73 Å². The van der Waals surface area contributed by atoms with E-state index in [-0.39, 0.29) is 16.9 Å². The van der Waals surface area contributed by atoms with Crippen molar-refractivity contribution in [2.45, 2.75) is 37.8 Å². The third-order valence-electron chi connectivity index (χ3n) is 8.83. The Morgan fingerprint density at radius 1 is 0.857 bits per heavy atom. The van der Waals surface area contributed by atoms with Crippen LogP contribution in [0.4, 0.5) is 26.2 Å². The van der Waals surface area contributed by atoms with E-state index in [0.29, 0.717) is 23.6 Å². The Morgan fingerprint density at radius 3 is 2.36 bits per heavy atom. The van der Waals surface area contributed by atoms with Gasteiger partial charge in [0.1, 0.15) is 23.6 Å². The second kappa shape index (κ2) is 10.9. The molecule has 5 aromatic rings. The number of nitrogens with two attached hydrogens (primary N) is 1. The van der Waals surface area contributed by atoms with Gasteiger partial charge in [-0.25, -0.2) is 19.3 Å². The molecule has 7 rings (SSSR count). The van der Waals surface area contributed by atoms with Gasteiger partial charge in [-0.05, 0) is 62.6 Å². The summed E-state index contributed by atoms with van der Waals surface area (Å²) in [7, 11) is 2.20. The highest BCUT2D eigenvalue weighted by molar-refractivity contribution is 6.00. The molecule has 3 N–H and O–H groups in total. The lowest BCUT2D eigenvalue weighted by atomic mass is 9.89. The van der Waals surface area contributed by atoms with Crippen LogP contribution in [0.15, 0.2) is 55.0 Å². The van der Waals surface area contributed by atoms with Crippen LogP contribution in [0.2, 0.25) is 0 Å². The minimum absolute atomic E-state index is 0.0553. The highest BCUT2D eigenvalue weighted by Crippen LogP contribution is 2.39. The first-order valence-electron chi connectivity index (χ1n) is 14.5. The standard InChI is InChI=1S/C31H33F2N9/c1-40-13-15-41(16-14-40)21-9-11-22(12-10-21)42-17-23(26-29(34)35-18-36-30(26)42)19-5-7-20(8-6-19)37-31-38-25-4-2-3-24(32)27(25)28(33)39-31/h2-8,17-18,21-22H,9-16H2,1H3,(H2,34,35,36)(H,37,38,39). The minimum atomic E-state index is -0.905. The number of nitrogens with one attached hydrogen (secondary N) is 1. The molecular formula is C31H33F2N9. The average Bonchev–Trinajstić information content (AvgIpc) is 3.39. The van der Waals surface area contributed by atoms with Gasteiger partial charge in [-0.1, -0.05) is 18.2 Å². The van der Waals surface area contributed by atoms with E-state index >= 15 is 0 Å². The lowest BCUT2D eigenvalue weighted by Gasteiger charge is -2.41. The van der Waals surface area contributed by atoms with Crippen molar-refractivity contribution in [3.63, 3.8) is 0 Å². The van der Waals surface area contributed by atoms with E-state index in [1.165, 1.54) is 31.3 Å². The number of anilines is 3. The van der Waals surface area contributed by atoms with Crippen molar-refractivity contribution in [2.75, 3.05) is 44.3 Å². The molecule has 1 saturated heterocycles. The Balaban J connectivity index is 1.13. The van der Waals surface area contributed by atoms with Gasteiger partial charge in [0.15, 0.2) is 0 Å². The van der Waals surface area contributed by atoms with Crippen LogP contribution < -0.4 is 11.1 Å². The number of hydrogen-bond donors (Lipinski definition) is 2. The number of fused-ring (bicyclic) bond motifs is 2. The van der Waals surface area contributed by atoms with Crippen molar-refractivity contribution < 1.29 is 8.78 Å². The normalized spacial score (nSPS) is 20.4. The van der Waals surface area contributed by atoms with Gasteiger partial charge in [-0.3, -0.25) is 4.90 Å². The maximum Gasteiger partial charge on any atom is 0.230 e. The highest BCUT2D eigenvalue weighted by Gasteiger charge is 2.30. The van der Waals surface area contributed by atoms with Crippen molar-refractivity contribution in [1.29, 1.82) is 0 Å². The number of nitrogen functional groups attached to an aromatic ring is 1. The lowest BCUT2D eigenvalue weighted by Crippen LogP contribution is -2.49. The molecule has 3 aromatic heterocycles. The maximum absolute atomic E-state index is 14.5. The Labute approximate surface area is 242 Å². The van der Waals surface area contributed by atoms with Gasteiger partial charge in [-0.2, -0.15) is 9.37 Å². The van der Waals surface area contributed by atoms with Gasteiger partial charge >= 0.3 is 0 Å². The van der Waals surface area contributed by atoms with Gasteiger partial charge in [0.05, 0.1) is 16.3 Å². The summed E-state index contributed by atoms with van der Waals surface area (Å²) in [6, 6.07) is 12.9. The van der Waals surface area contributed by atoms with Crippen molar-refractivity contribution in [3.05, 3.63) is 66.8 Å². The molecular weight excluding hydrogens is 536 g/mol. The predicted octanol–water partition coefficient (Wildman–Crippen LogP) is 5.38. The van der Waals surface area contributed by atoms with E-state index in [1.54, 1.807) is 6.07 Å². The highest BCUT2D eigenvalue weighted by atomic mass is 19.1. The monoisotopic (exact) mass is 569 g/mol. The van der Waals surface area contributed by atoms with Gasteiger partial charge < -0.3 is 20.5 Å². The van der Waals surface area contributed by atoms with Crippen molar-refractivity contribution in [2.24, 2.45) is 0 Å². The van der Waals surface area contributed by atoms with E-state index in [1.807, 2.05) is 24.3 Å². The molecule has 42 heavy (non-hydrogen) atoms. The molecule has 0 unspecified atom stereocenters. The summed E-state index contributed by atoms with van der Waals surface area (Å²) < 4.78 is 30.8. The summed E-state index contributed by atoms with van der Waals surface area (Å²) in [5, 5.41) is 3.66. The summed E-state index contributed by atoms with van der Waals surface area (Å²) >= 11 is 0. The smallest absolute Gasteiger partial charge is 0.230 e. The number of likely N-dealkylation sites (N-methyl/N-ethyl adjacent to an activating group) is 1. The number of hydrogen-bond acceptors (Lipinski definition) is 8. The van der Waals surface area contributed by atoms with Crippen molar-refractivity contribution in [1.82, 2.24) is 34.3 Å². The molecule has 2 aliphatic rings. The lowest BCUT2D eigenvalue weighted by molar-refractivity contribution is 0.0828. The molecule has 0 atom stereocenters. The molecule has 4 heterocycles. The Bertz CT molecular complexity index is 1740. The zero-order valence-electron chi connectivity index (χ0n) is 23.5. The van der Waals surface area contributed by atoms with Gasteiger partial charge in [-0.15, -0.1) is 0 Å². The molecule has 216 valence electrons. The van der Waals surface area contributed by atoms with E-state index in [0.717, 1.165) is 61.2 Å². The number of benzene rings is 2. The summed E-state index contributed by atoms with van der Waals surface area (Å²) in [5.74, 6) is -1.08. The summed E-state index contributed by atoms with van der Waals surface area (Å²) in [6.07, 6.45) is 8.24. The molecule has 0 bridgehead atoms. The van der Waals surface area contributed by atoms with Gasteiger partial charge in [0, 0.05) is 55.7 Å². The third kappa shape index (κ3) is 4.92. The van der Waals surface area contributed by atoms with Crippen LogP contribution in [-0.2, 0) is 0 Å². The fourth-order valence-corrected chi connectivity index (χ4v) is 6.51. The van der Waals surface area contributed by atoms with Crippen molar-refractivity contribution >= 4 is 39.4 Å². The van der Waals surface area contributed by atoms with E-state index in [2.05, 4.69) is 52.9 Å². The Kier molecular flexibility index (Phi) is 6.91. The van der Waals surface area contributed by atoms with Gasteiger partial charge in [0.2, 0.25) is 11.9 Å². The summed E-state index contributed by atoms with van der Waals surface area (Å²) in [5.41, 5.74) is 10.1. The second-order valence-electron chi connectivity index (χ2n) is 11.4. The molecule has 0 spiro atoms. The van der Waals surface area contributed by atoms with Crippen LogP contribution >= 0.6 is 0 Å². The van der Waals surface area contributed by atoms with Crippen LogP contribution in [-0.4, -0.2) is 73.6 Å². The number of aromatic nitrogens is 5. The van der Waals surface area contributed by atoms with Crippen LogP contribution in [0.1, 0.15) is 31.7 Å². The van der Waals surface area contributed by atoms with Crippen LogP contribution in [0.3, 0.4) is 0 Å². The number of piperazine rings is 1. The number of rotatable bonds is 5. The Hall–Kier alpha value is -4.22. The topological polar surface area (TPSA) is 101 Å². The predicted molar refractivity (Wildman–Crippen MR) is 160 cm³/mol. The zero-order valence-corrected chi connectivity index (χ0v) is 23.5. The minimum Gasteiger partial charge on any atom is -0.383 e. The number of nitrogens with zero attached hydrogens (tertiary/aromatic N) is 7. The van der Waals surface area contributed by atoms with E-state index in [9.17, 15) is 8.78 Å². The summed E-state index contributed by atoms with van der Waals surface area (Å²) in [4.78, 5) is 22.1. The molecule has 9 nitrogen and oxygen atoms in total. The fraction of sp³-hybridized carbons (Fsp3) is 0.355. The molecule has 1 saturated carbocycles. The first kappa shape index (κ1) is 26.7. The Morgan fingerprint density at radius 2 is 1.60 bits per heavy atom. The molecule has 0 radical (unpaired) electrons. The fourth-order valence-electron chi connectivity index (χ4n) is 6.51. The first-order chi connectivity index (χ1) is 20.4. The molecule has 1 aliphatic heterocycles. The number of halogens is 2. The SMILES string of the molecule is CN1CCN(C2CCC(n3cc(-c4ccc(Nc5nc(F)c6c(F)cccc6n5)cc4)c4c(N)ncnc43)CC2)CC1. The molecule has 11 heteroatoms. The van der Waals surface area contributed by atoms with Gasteiger partial charge in [0.25, 0.3) is 0 Å². The van der Waals surface area contributed by atoms with E-state index < -0.39 is 11.8 Å². The molecule has 2 aromatic carbocycles. The zero-order chi connectivity index (χ0) is 28.8. The van der Waals surface area contributed by atoms with Crippen LogP contribution in [0.5, 0.6) is 0 Å². The maximum atomic E-state index is 14.5. The van der Waals surface area contributed by atoms with Crippen LogP contribution in [0.25, 0.3) is 33.1 Å². The average molecular weight is 570 g/mol.